The number of amides is 2. The van der Waals surface area contributed by atoms with Gasteiger partial charge in [-0.05, 0) is 43.7 Å². The minimum atomic E-state index is -0.489. The lowest BCUT2D eigenvalue weighted by atomic mass is 10.1. The summed E-state index contributed by atoms with van der Waals surface area (Å²) in [6.45, 7) is 4.06. The van der Waals surface area contributed by atoms with E-state index in [-0.39, 0.29) is 17.5 Å². The molecule has 31 heavy (non-hydrogen) atoms. The molecule has 0 radical (unpaired) electrons. The number of nitro benzene ring substituents is 1. The number of nitrogens with one attached hydrogen (secondary N) is 1. The molecule has 1 aromatic heterocycles. The zero-order valence-electron chi connectivity index (χ0n) is 16.9. The van der Waals surface area contributed by atoms with E-state index in [1.165, 1.54) is 29.5 Å². The van der Waals surface area contributed by atoms with Crippen LogP contribution in [0.15, 0.2) is 42.5 Å². The van der Waals surface area contributed by atoms with Crippen LogP contribution in [0.25, 0.3) is 0 Å². The summed E-state index contributed by atoms with van der Waals surface area (Å²) >= 11 is 1.23. The molecule has 158 valence electrons. The fourth-order valence-electron chi connectivity index (χ4n) is 3.54. The number of benzene rings is 2. The van der Waals surface area contributed by atoms with Crippen molar-refractivity contribution < 1.29 is 14.5 Å². The maximum atomic E-state index is 12.5. The minimum Gasteiger partial charge on any atom is -0.312 e. The molecule has 1 unspecified atom stereocenters. The Labute approximate surface area is 181 Å². The average Bonchev–Trinajstić information content (AvgIpc) is 3.34. The predicted molar refractivity (Wildman–Crippen MR) is 117 cm³/mol. The van der Waals surface area contributed by atoms with Gasteiger partial charge < -0.3 is 4.90 Å². The molecule has 2 heterocycles. The van der Waals surface area contributed by atoms with Gasteiger partial charge in [0.2, 0.25) is 11.0 Å². The van der Waals surface area contributed by atoms with Crippen LogP contribution in [0.3, 0.4) is 0 Å². The molecule has 1 N–H and O–H groups in total. The number of aryl methyl sites for hydroxylation is 2. The van der Waals surface area contributed by atoms with E-state index in [0.717, 1.165) is 11.3 Å². The topological polar surface area (TPSA) is 118 Å². The van der Waals surface area contributed by atoms with Gasteiger partial charge in [-0.1, -0.05) is 23.5 Å². The number of hydrogen-bond donors (Lipinski definition) is 1. The Bertz CT molecular complexity index is 1190. The van der Waals surface area contributed by atoms with Crippen molar-refractivity contribution in [3.8, 4) is 0 Å². The molecule has 2 amide bonds. The van der Waals surface area contributed by atoms with E-state index in [0.29, 0.717) is 34.2 Å². The molecule has 1 atom stereocenters. The predicted octanol–water partition coefficient (Wildman–Crippen LogP) is 3.84. The van der Waals surface area contributed by atoms with Gasteiger partial charge in [0.1, 0.15) is 5.01 Å². The molecule has 1 aliphatic rings. The summed E-state index contributed by atoms with van der Waals surface area (Å²) in [7, 11) is 0. The fraction of sp³-hybridized carbons (Fsp3) is 0.238. The number of nitro groups is 1. The van der Waals surface area contributed by atoms with Crippen molar-refractivity contribution in [2.75, 3.05) is 16.8 Å². The number of hydrogen-bond acceptors (Lipinski definition) is 7. The van der Waals surface area contributed by atoms with Gasteiger partial charge in [0.05, 0.1) is 4.92 Å². The second kappa shape index (κ2) is 8.23. The standard InChI is InChI=1S/C21H19N5O4S/c1-12-4-3-5-16(8-12)25-11-15(10-18(25)27)20-23-24-21(31-20)22-19(28)14-6-7-17(26(29)30)13(2)9-14/h3-9,15H,10-11H2,1-2H3,(H,22,24,28). The first-order valence-electron chi connectivity index (χ1n) is 9.58. The minimum absolute atomic E-state index is 0.0257. The number of carbonyl (C=O) groups excluding carboxylic acids is 2. The largest absolute Gasteiger partial charge is 0.312 e. The van der Waals surface area contributed by atoms with Gasteiger partial charge in [-0.15, -0.1) is 10.2 Å². The SMILES string of the molecule is Cc1cccc(N2CC(c3nnc(NC(=O)c4ccc([N+](=O)[O-])c(C)c4)s3)CC2=O)c1. The van der Waals surface area contributed by atoms with Gasteiger partial charge in [-0.2, -0.15) is 0 Å². The lowest BCUT2D eigenvalue weighted by Crippen LogP contribution is -2.24. The molecule has 4 rings (SSSR count). The summed E-state index contributed by atoms with van der Waals surface area (Å²) in [5, 5.41) is 22.8. The van der Waals surface area contributed by atoms with E-state index in [4.69, 9.17) is 0 Å². The van der Waals surface area contributed by atoms with Crippen LogP contribution < -0.4 is 10.2 Å². The third-order valence-electron chi connectivity index (χ3n) is 5.10. The summed E-state index contributed by atoms with van der Waals surface area (Å²) in [6, 6.07) is 11.9. The van der Waals surface area contributed by atoms with E-state index in [1.807, 2.05) is 31.2 Å². The number of rotatable bonds is 5. The van der Waals surface area contributed by atoms with Crippen LogP contribution in [0, 0.1) is 24.0 Å². The number of nitrogens with zero attached hydrogens (tertiary/aromatic N) is 4. The van der Waals surface area contributed by atoms with Crippen LogP contribution in [0.4, 0.5) is 16.5 Å². The second-order valence-electron chi connectivity index (χ2n) is 7.40. The van der Waals surface area contributed by atoms with E-state index >= 15 is 0 Å². The normalized spacial score (nSPS) is 15.9. The molecule has 1 saturated heterocycles. The third kappa shape index (κ3) is 4.29. The van der Waals surface area contributed by atoms with Crippen molar-refractivity contribution in [3.63, 3.8) is 0 Å². The monoisotopic (exact) mass is 437 g/mol. The molecule has 9 nitrogen and oxygen atoms in total. The first-order valence-corrected chi connectivity index (χ1v) is 10.4. The maximum absolute atomic E-state index is 12.5. The van der Waals surface area contributed by atoms with Crippen LogP contribution in [0.5, 0.6) is 0 Å². The van der Waals surface area contributed by atoms with E-state index in [1.54, 1.807) is 11.8 Å². The summed E-state index contributed by atoms with van der Waals surface area (Å²) in [6.07, 6.45) is 0.331. The Balaban J connectivity index is 1.45. The highest BCUT2D eigenvalue weighted by atomic mass is 32.1. The Morgan fingerprint density at radius 3 is 2.74 bits per heavy atom. The van der Waals surface area contributed by atoms with E-state index < -0.39 is 10.8 Å². The molecular formula is C21H19N5O4S. The summed E-state index contributed by atoms with van der Waals surface area (Å²) in [5.74, 6) is -0.500. The van der Waals surface area contributed by atoms with E-state index in [2.05, 4.69) is 15.5 Å². The van der Waals surface area contributed by atoms with Crippen molar-refractivity contribution in [1.29, 1.82) is 0 Å². The zero-order valence-corrected chi connectivity index (χ0v) is 17.7. The molecule has 1 aliphatic heterocycles. The van der Waals surface area contributed by atoms with Gasteiger partial charge in [-0.25, -0.2) is 0 Å². The average molecular weight is 437 g/mol. The van der Waals surface area contributed by atoms with Gasteiger partial charge in [-0.3, -0.25) is 25.0 Å². The fourth-order valence-corrected chi connectivity index (χ4v) is 4.37. The van der Waals surface area contributed by atoms with Crippen molar-refractivity contribution >= 4 is 39.7 Å². The first-order chi connectivity index (χ1) is 14.8. The molecule has 2 aromatic carbocycles. The highest BCUT2D eigenvalue weighted by Gasteiger charge is 2.34. The maximum Gasteiger partial charge on any atom is 0.272 e. The number of anilines is 2. The molecule has 1 fully saturated rings. The van der Waals surface area contributed by atoms with E-state index in [9.17, 15) is 19.7 Å². The molecule has 3 aromatic rings. The summed E-state index contributed by atoms with van der Waals surface area (Å²) in [5.41, 5.74) is 2.59. The van der Waals surface area contributed by atoms with Gasteiger partial charge in [0.15, 0.2) is 0 Å². The van der Waals surface area contributed by atoms with Gasteiger partial charge in [0, 0.05) is 41.8 Å². The molecule has 0 bridgehead atoms. The van der Waals surface area contributed by atoms with Gasteiger partial charge in [0.25, 0.3) is 11.6 Å². The molecular weight excluding hydrogens is 418 g/mol. The van der Waals surface area contributed by atoms with Crippen LogP contribution in [0.1, 0.15) is 38.8 Å². The molecule has 0 saturated carbocycles. The van der Waals surface area contributed by atoms with Crippen LogP contribution >= 0.6 is 11.3 Å². The van der Waals surface area contributed by atoms with Crippen LogP contribution in [-0.2, 0) is 4.79 Å². The van der Waals surface area contributed by atoms with Crippen LogP contribution in [-0.4, -0.2) is 33.5 Å². The van der Waals surface area contributed by atoms with Gasteiger partial charge >= 0.3 is 0 Å². The Morgan fingerprint density at radius 1 is 1.23 bits per heavy atom. The summed E-state index contributed by atoms with van der Waals surface area (Å²) < 4.78 is 0. The Hall–Kier alpha value is -3.66. The lowest BCUT2D eigenvalue weighted by Gasteiger charge is -2.16. The molecule has 0 spiro atoms. The Kier molecular flexibility index (Phi) is 5.47. The zero-order chi connectivity index (χ0) is 22.1. The smallest absolute Gasteiger partial charge is 0.272 e. The first kappa shape index (κ1) is 20.6. The van der Waals surface area contributed by atoms with Crippen LogP contribution in [0.2, 0.25) is 0 Å². The van der Waals surface area contributed by atoms with Crippen molar-refractivity contribution in [2.24, 2.45) is 0 Å². The molecule has 0 aliphatic carbocycles. The lowest BCUT2D eigenvalue weighted by molar-refractivity contribution is -0.385. The summed E-state index contributed by atoms with van der Waals surface area (Å²) in [4.78, 5) is 37.2. The van der Waals surface area contributed by atoms with Crippen molar-refractivity contribution in [3.05, 3.63) is 74.3 Å². The van der Waals surface area contributed by atoms with Crippen molar-refractivity contribution in [1.82, 2.24) is 10.2 Å². The van der Waals surface area contributed by atoms with Crippen molar-refractivity contribution in [2.45, 2.75) is 26.2 Å². The third-order valence-corrected chi connectivity index (χ3v) is 6.11. The highest BCUT2D eigenvalue weighted by molar-refractivity contribution is 7.15. The second-order valence-corrected chi connectivity index (χ2v) is 8.41. The highest BCUT2D eigenvalue weighted by Crippen LogP contribution is 2.34. The quantitative estimate of drug-likeness (QED) is 0.479. The number of aromatic nitrogens is 2. The number of carbonyl (C=O) groups is 2. The molecule has 10 heteroatoms. The Morgan fingerprint density at radius 2 is 2.03 bits per heavy atom.